The zero-order valence-corrected chi connectivity index (χ0v) is 11.8. The van der Waals surface area contributed by atoms with Gasteiger partial charge in [-0.05, 0) is 43.4 Å². The van der Waals surface area contributed by atoms with Gasteiger partial charge in [0.15, 0.2) is 0 Å². The summed E-state index contributed by atoms with van der Waals surface area (Å²) in [5.41, 5.74) is 8.62. The Bertz CT molecular complexity index is 413. The molecule has 0 spiro atoms. The second-order valence-electron chi connectivity index (χ2n) is 5.28. The van der Waals surface area contributed by atoms with Crippen LogP contribution in [0.1, 0.15) is 41.8 Å². The molecular weight excluding hydrogens is 224 g/mol. The van der Waals surface area contributed by atoms with Crippen LogP contribution < -0.4 is 11.1 Å². The predicted molar refractivity (Wildman–Crippen MR) is 75.7 cm³/mol. The molecule has 1 aromatic rings. The molecule has 0 aliphatic heterocycles. The van der Waals surface area contributed by atoms with Crippen molar-refractivity contribution in [3.8, 4) is 0 Å². The zero-order chi connectivity index (χ0) is 13.7. The van der Waals surface area contributed by atoms with Crippen LogP contribution in [0.2, 0.25) is 0 Å². The van der Waals surface area contributed by atoms with Gasteiger partial charge >= 0.3 is 0 Å². The Labute approximate surface area is 110 Å². The van der Waals surface area contributed by atoms with Crippen LogP contribution >= 0.6 is 0 Å². The Kier molecular flexibility index (Phi) is 5.35. The summed E-state index contributed by atoms with van der Waals surface area (Å²) in [5, 5.41) is 3.02. The summed E-state index contributed by atoms with van der Waals surface area (Å²) in [7, 11) is 0. The summed E-state index contributed by atoms with van der Waals surface area (Å²) >= 11 is 0. The van der Waals surface area contributed by atoms with E-state index < -0.39 is 0 Å². The number of hydrogen-bond donors (Lipinski definition) is 2. The maximum absolute atomic E-state index is 12.2. The van der Waals surface area contributed by atoms with Gasteiger partial charge in [0.1, 0.15) is 0 Å². The number of nitrogens with two attached hydrogens (primary N) is 1. The molecule has 0 radical (unpaired) electrons. The van der Waals surface area contributed by atoms with Crippen LogP contribution in [0.5, 0.6) is 0 Å². The van der Waals surface area contributed by atoms with E-state index in [0.717, 1.165) is 23.1 Å². The average molecular weight is 248 g/mol. The van der Waals surface area contributed by atoms with Gasteiger partial charge in [0.25, 0.3) is 5.91 Å². The minimum atomic E-state index is -0.0210. The summed E-state index contributed by atoms with van der Waals surface area (Å²) < 4.78 is 0. The van der Waals surface area contributed by atoms with Gasteiger partial charge in [-0.1, -0.05) is 26.0 Å². The molecule has 1 rings (SSSR count). The molecule has 0 bridgehead atoms. The molecule has 0 aliphatic carbocycles. The van der Waals surface area contributed by atoms with E-state index in [1.165, 1.54) is 0 Å². The zero-order valence-electron chi connectivity index (χ0n) is 11.8. The lowest BCUT2D eigenvalue weighted by Gasteiger charge is -2.19. The number of carbonyl (C=O) groups is 1. The number of rotatable bonds is 5. The van der Waals surface area contributed by atoms with Gasteiger partial charge in [-0.25, -0.2) is 0 Å². The second kappa shape index (κ2) is 6.55. The van der Waals surface area contributed by atoms with Crippen molar-refractivity contribution in [2.75, 3.05) is 6.54 Å². The third kappa shape index (κ3) is 3.84. The molecule has 3 nitrogen and oxygen atoms in total. The molecule has 0 heterocycles. The number of aryl methyl sites for hydroxylation is 1. The lowest BCUT2D eigenvalue weighted by molar-refractivity contribution is 0.0933. The second-order valence-corrected chi connectivity index (χ2v) is 5.28. The minimum Gasteiger partial charge on any atom is -0.348 e. The average Bonchev–Trinajstić information content (AvgIpc) is 2.31. The molecule has 1 unspecified atom stereocenters. The summed E-state index contributed by atoms with van der Waals surface area (Å²) in [4.78, 5) is 12.2. The summed E-state index contributed by atoms with van der Waals surface area (Å²) in [6.45, 7) is 8.74. The highest BCUT2D eigenvalue weighted by Crippen LogP contribution is 2.13. The van der Waals surface area contributed by atoms with E-state index in [1.54, 1.807) is 0 Å². The van der Waals surface area contributed by atoms with Gasteiger partial charge < -0.3 is 11.1 Å². The van der Waals surface area contributed by atoms with Gasteiger partial charge in [0, 0.05) is 18.2 Å². The number of hydrogen-bond acceptors (Lipinski definition) is 2. The van der Waals surface area contributed by atoms with Gasteiger partial charge in [0.05, 0.1) is 0 Å². The number of amides is 1. The Balaban J connectivity index is 2.78. The van der Waals surface area contributed by atoms with Crippen molar-refractivity contribution >= 4 is 5.91 Å². The number of carbonyl (C=O) groups excluding carboxylic acids is 1. The van der Waals surface area contributed by atoms with Crippen molar-refractivity contribution in [3.05, 3.63) is 34.9 Å². The Morgan fingerprint density at radius 3 is 2.56 bits per heavy atom. The molecule has 0 aromatic heterocycles. The fourth-order valence-corrected chi connectivity index (χ4v) is 2.04. The molecule has 0 fully saturated rings. The Morgan fingerprint density at radius 1 is 1.33 bits per heavy atom. The van der Waals surface area contributed by atoms with Crippen molar-refractivity contribution in [2.24, 2.45) is 11.7 Å². The maximum atomic E-state index is 12.2. The van der Waals surface area contributed by atoms with Crippen LogP contribution in [-0.4, -0.2) is 18.5 Å². The van der Waals surface area contributed by atoms with E-state index in [1.807, 2.05) is 32.0 Å². The molecular formula is C15H24N2O. The molecule has 0 saturated heterocycles. The van der Waals surface area contributed by atoms with Crippen molar-refractivity contribution in [1.29, 1.82) is 0 Å². The van der Waals surface area contributed by atoms with Gasteiger partial charge in [-0.3, -0.25) is 4.79 Å². The topological polar surface area (TPSA) is 55.1 Å². The van der Waals surface area contributed by atoms with Crippen LogP contribution in [0.4, 0.5) is 0 Å². The van der Waals surface area contributed by atoms with Crippen LogP contribution in [0, 0.1) is 19.8 Å². The predicted octanol–water partition coefficient (Wildman–Crippen LogP) is 2.41. The van der Waals surface area contributed by atoms with E-state index in [9.17, 15) is 4.79 Å². The van der Waals surface area contributed by atoms with Gasteiger partial charge in [-0.2, -0.15) is 0 Å². The molecule has 18 heavy (non-hydrogen) atoms. The first-order valence-electron chi connectivity index (χ1n) is 6.52. The summed E-state index contributed by atoms with van der Waals surface area (Å²) in [6.07, 6.45) is 0.910. The third-order valence-corrected chi connectivity index (χ3v) is 3.22. The van der Waals surface area contributed by atoms with Gasteiger partial charge in [0.2, 0.25) is 0 Å². The van der Waals surface area contributed by atoms with E-state index in [4.69, 9.17) is 5.73 Å². The van der Waals surface area contributed by atoms with E-state index in [-0.39, 0.29) is 11.9 Å². The van der Waals surface area contributed by atoms with Crippen LogP contribution in [0.3, 0.4) is 0 Å². The molecule has 100 valence electrons. The summed E-state index contributed by atoms with van der Waals surface area (Å²) in [5.74, 6) is 0.504. The van der Waals surface area contributed by atoms with E-state index in [0.29, 0.717) is 12.5 Å². The smallest absolute Gasteiger partial charge is 0.251 e. The molecule has 3 heteroatoms. The Morgan fingerprint density at radius 2 is 2.00 bits per heavy atom. The molecule has 1 amide bonds. The highest BCUT2D eigenvalue weighted by atomic mass is 16.1. The fourth-order valence-electron chi connectivity index (χ4n) is 2.04. The monoisotopic (exact) mass is 248 g/mol. The highest BCUT2D eigenvalue weighted by Gasteiger charge is 2.15. The molecule has 3 N–H and O–H groups in total. The Hall–Kier alpha value is -1.35. The molecule has 0 aliphatic rings. The van der Waals surface area contributed by atoms with Crippen molar-refractivity contribution in [3.63, 3.8) is 0 Å². The normalized spacial score (nSPS) is 12.6. The lowest BCUT2D eigenvalue weighted by atomic mass is 10.0. The van der Waals surface area contributed by atoms with E-state index in [2.05, 4.69) is 19.2 Å². The van der Waals surface area contributed by atoms with Gasteiger partial charge in [-0.15, -0.1) is 0 Å². The van der Waals surface area contributed by atoms with Crippen LogP contribution in [0.25, 0.3) is 0 Å². The first-order valence-corrected chi connectivity index (χ1v) is 6.52. The quantitative estimate of drug-likeness (QED) is 0.840. The van der Waals surface area contributed by atoms with E-state index >= 15 is 0 Å². The first-order chi connectivity index (χ1) is 8.45. The molecule has 1 aromatic carbocycles. The fraction of sp³-hybridized carbons (Fsp3) is 0.533. The molecule has 0 saturated carbocycles. The SMILES string of the molecule is Cc1cccc(C(=O)NC(CN)CC(C)C)c1C. The van der Waals surface area contributed by atoms with Crippen LogP contribution in [-0.2, 0) is 0 Å². The maximum Gasteiger partial charge on any atom is 0.251 e. The largest absolute Gasteiger partial charge is 0.348 e. The lowest BCUT2D eigenvalue weighted by Crippen LogP contribution is -2.41. The number of nitrogens with one attached hydrogen (secondary N) is 1. The van der Waals surface area contributed by atoms with Crippen molar-refractivity contribution < 1.29 is 4.79 Å². The molecule has 1 atom stereocenters. The number of benzene rings is 1. The van der Waals surface area contributed by atoms with Crippen LogP contribution in [0.15, 0.2) is 18.2 Å². The van der Waals surface area contributed by atoms with Crippen molar-refractivity contribution in [1.82, 2.24) is 5.32 Å². The summed E-state index contributed by atoms with van der Waals surface area (Å²) in [6, 6.07) is 5.84. The minimum absolute atomic E-state index is 0.0210. The third-order valence-electron chi connectivity index (χ3n) is 3.22. The first kappa shape index (κ1) is 14.7. The standard InChI is InChI=1S/C15H24N2O/c1-10(2)8-13(9-16)17-15(18)14-7-5-6-11(3)12(14)4/h5-7,10,13H,8-9,16H2,1-4H3,(H,17,18). The highest BCUT2D eigenvalue weighted by molar-refractivity contribution is 5.96. The van der Waals surface area contributed by atoms with Crippen molar-refractivity contribution in [2.45, 2.75) is 40.2 Å².